The van der Waals surface area contributed by atoms with Gasteiger partial charge in [-0.1, -0.05) is 33.6 Å². The number of pyridine rings is 1. The maximum atomic E-state index is 12.4. The van der Waals surface area contributed by atoms with Crippen LogP contribution >= 0.6 is 15.9 Å². The molecule has 0 aliphatic carbocycles. The van der Waals surface area contributed by atoms with Crippen LogP contribution in [0.15, 0.2) is 76.6 Å². The van der Waals surface area contributed by atoms with E-state index in [0.29, 0.717) is 22.4 Å². The molecule has 0 fully saturated rings. The van der Waals surface area contributed by atoms with Gasteiger partial charge >= 0.3 is 5.97 Å². The minimum absolute atomic E-state index is 0.328. The van der Waals surface area contributed by atoms with Crippen LogP contribution in [0.3, 0.4) is 0 Å². The van der Waals surface area contributed by atoms with Gasteiger partial charge in [0.1, 0.15) is 5.75 Å². The number of hydrazone groups is 1. The smallest absolute Gasteiger partial charge is 0.343 e. The summed E-state index contributed by atoms with van der Waals surface area (Å²) in [6.45, 7) is 1.90. The average molecular weight is 438 g/mol. The number of nitrogens with one attached hydrogen (secondary N) is 1. The predicted molar refractivity (Wildman–Crippen MR) is 110 cm³/mol. The molecule has 0 aliphatic rings. The lowest BCUT2D eigenvalue weighted by atomic mass is 10.1. The molecule has 0 saturated heterocycles. The molecule has 0 spiro atoms. The zero-order chi connectivity index (χ0) is 19.9. The van der Waals surface area contributed by atoms with E-state index in [1.54, 1.807) is 54.7 Å². The van der Waals surface area contributed by atoms with Gasteiger partial charge in [-0.25, -0.2) is 10.2 Å². The quantitative estimate of drug-likeness (QED) is 0.281. The highest BCUT2D eigenvalue weighted by molar-refractivity contribution is 9.10. The first kappa shape index (κ1) is 19.4. The summed E-state index contributed by atoms with van der Waals surface area (Å²) in [5.41, 5.74) is 4.76. The Morgan fingerprint density at radius 3 is 2.68 bits per heavy atom. The van der Waals surface area contributed by atoms with Crippen LogP contribution in [0.25, 0.3) is 0 Å². The summed E-state index contributed by atoms with van der Waals surface area (Å²) < 4.78 is 6.29. The highest BCUT2D eigenvalue weighted by Gasteiger charge is 2.12. The number of amides is 1. The number of halogens is 1. The van der Waals surface area contributed by atoms with Crippen molar-refractivity contribution in [3.8, 4) is 5.75 Å². The molecule has 3 aromatic rings. The van der Waals surface area contributed by atoms with Crippen molar-refractivity contribution >= 4 is 34.0 Å². The van der Waals surface area contributed by atoms with Gasteiger partial charge in [0.15, 0.2) is 0 Å². The fourth-order valence-electron chi connectivity index (χ4n) is 2.37. The number of nitrogens with zero attached hydrogens (tertiary/aromatic N) is 2. The van der Waals surface area contributed by atoms with E-state index in [2.05, 4.69) is 31.4 Å². The molecule has 0 saturated carbocycles. The van der Waals surface area contributed by atoms with Gasteiger partial charge in [-0.15, -0.1) is 0 Å². The molecule has 1 aromatic heterocycles. The summed E-state index contributed by atoms with van der Waals surface area (Å²) in [7, 11) is 0. The van der Waals surface area contributed by atoms with E-state index in [0.717, 1.165) is 10.0 Å². The molecule has 1 amide bonds. The summed E-state index contributed by atoms with van der Waals surface area (Å²) in [5.74, 6) is -0.535. The normalized spacial score (nSPS) is 10.6. The standard InChI is InChI=1S/C21H16BrN3O3/c1-14-4-2-5-15(10-14)21(27)28-19-8-7-18(22)11-17(19)13-24-25-20(26)16-6-3-9-23-12-16/h2-13H,1H3,(H,25,26). The lowest BCUT2D eigenvalue weighted by Gasteiger charge is -2.08. The van der Waals surface area contributed by atoms with Crippen molar-refractivity contribution in [2.75, 3.05) is 0 Å². The average Bonchev–Trinajstić information content (AvgIpc) is 2.70. The van der Waals surface area contributed by atoms with Crippen LogP contribution in [0.4, 0.5) is 0 Å². The third kappa shape index (κ3) is 5.11. The first-order chi connectivity index (χ1) is 13.5. The van der Waals surface area contributed by atoms with Crippen LogP contribution in [-0.4, -0.2) is 23.1 Å². The highest BCUT2D eigenvalue weighted by Crippen LogP contribution is 2.23. The number of hydrogen-bond acceptors (Lipinski definition) is 5. The van der Waals surface area contributed by atoms with E-state index in [1.165, 1.54) is 12.4 Å². The zero-order valence-corrected chi connectivity index (χ0v) is 16.5. The van der Waals surface area contributed by atoms with Crippen LogP contribution in [0.5, 0.6) is 5.75 Å². The van der Waals surface area contributed by atoms with Gasteiger partial charge in [-0.3, -0.25) is 9.78 Å². The Balaban J connectivity index is 1.75. The molecule has 0 aliphatic heterocycles. The second-order valence-electron chi connectivity index (χ2n) is 5.88. The summed E-state index contributed by atoms with van der Waals surface area (Å²) >= 11 is 3.38. The van der Waals surface area contributed by atoms with E-state index in [9.17, 15) is 9.59 Å². The lowest BCUT2D eigenvalue weighted by molar-refractivity contribution is 0.0734. The van der Waals surface area contributed by atoms with Crippen molar-refractivity contribution in [1.82, 2.24) is 10.4 Å². The topological polar surface area (TPSA) is 80.6 Å². The monoisotopic (exact) mass is 437 g/mol. The number of hydrogen-bond donors (Lipinski definition) is 1. The van der Waals surface area contributed by atoms with E-state index < -0.39 is 11.9 Å². The Kier molecular flexibility index (Phi) is 6.29. The van der Waals surface area contributed by atoms with Gasteiger partial charge in [0.2, 0.25) is 0 Å². The second kappa shape index (κ2) is 9.05. The van der Waals surface area contributed by atoms with Gasteiger partial charge < -0.3 is 4.74 Å². The Hall–Kier alpha value is -3.32. The van der Waals surface area contributed by atoms with Crippen LogP contribution in [0.1, 0.15) is 31.8 Å². The van der Waals surface area contributed by atoms with Gasteiger partial charge in [0, 0.05) is 22.4 Å². The maximum Gasteiger partial charge on any atom is 0.343 e. The SMILES string of the molecule is Cc1cccc(C(=O)Oc2ccc(Br)cc2C=NNC(=O)c2cccnc2)c1. The van der Waals surface area contributed by atoms with E-state index in [4.69, 9.17) is 4.74 Å². The molecule has 0 unspecified atom stereocenters. The molecule has 3 rings (SSSR count). The maximum absolute atomic E-state index is 12.4. The number of carbonyl (C=O) groups is 2. The number of carbonyl (C=O) groups excluding carboxylic acids is 2. The molecular weight excluding hydrogens is 422 g/mol. The summed E-state index contributed by atoms with van der Waals surface area (Å²) in [6, 6.07) is 15.6. The van der Waals surface area contributed by atoms with Crippen molar-refractivity contribution in [3.63, 3.8) is 0 Å². The molecular formula is C21H16BrN3O3. The number of benzene rings is 2. The molecule has 6 nitrogen and oxygen atoms in total. The fraction of sp³-hybridized carbons (Fsp3) is 0.0476. The van der Waals surface area contributed by atoms with Crippen molar-refractivity contribution in [1.29, 1.82) is 0 Å². The second-order valence-corrected chi connectivity index (χ2v) is 6.80. The third-order valence-corrected chi connectivity index (χ3v) is 4.21. The van der Waals surface area contributed by atoms with Crippen LogP contribution < -0.4 is 10.2 Å². The summed E-state index contributed by atoms with van der Waals surface area (Å²) in [6.07, 6.45) is 4.44. The molecule has 140 valence electrons. The van der Waals surface area contributed by atoms with Crippen molar-refractivity contribution in [2.24, 2.45) is 5.10 Å². The van der Waals surface area contributed by atoms with E-state index >= 15 is 0 Å². The lowest BCUT2D eigenvalue weighted by Crippen LogP contribution is -2.17. The minimum Gasteiger partial charge on any atom is -0.422 e. The Labute approximate surface area is 170 Å². The molecule has 2 aromatic carbocycles. The molecule has 7 heteroatoms. The molecule has 28 heavy (non-hydrogen) atoms. The molecule has 1 heterocycles. The number of aromatic nitrogens is 1. The largest absolute Gasteiger partial charge is 0.422 e. The van der Waals surface area contributed by atoms with Crippen molar-refractivity contribution in [2.45, 2.75) is 6.92 Å². The van der Waals surface area contributed by atoms with Gasteiger partial charge in [0.05, 0.1) is 17.3 Å². The Morgan fingerprint density at radius 1 is 1.11 bits per heavy atom. The third-order valence-electron chi connectivity index (χ3n) is 3.72. The van der Waals surface area contributed by atoms with Crippen LogP contribution in [0, 0.1) is 6.92 Å². The number of rotatable bonds is 5. The Bertz CT molecular complexity index is 1040. The van der Waals surface area contributed by atoms with Crippen LogP contribution in [-0.2, 0) is 0 Å². The summed E-state index contributed by atoms with van der Waals surface area (Å²) in [4.78, 5) is 28.3. The van der Waals surface area contributed by atoms with Gasteiger partial charge in [-0.2, -0.15) is 5.10 Å². The van der Waals surface area contributed by atoms with Gasteiger partial charge in [0.25, 0.3) is 5.91 Å². The minimum atomic E-state index is -0.472. The van der Waals surface area contributed by atoms with Crippen LogP contribution in [0.2, 0.25) is 0 Å². The fourth-order valence-corrected chi connectivity index (χ4v) is 2.74. The summed E-state index contributed by atoms with van der Waals surface area (Å²) in [5, 5.41) is 3.95. The van der Waals surface area contributed by atoms with Crippen molar-refractivity contribution in [3.05, 3.63) is 93.7 Å². The molecule has 0 radical (unpaired) electrons. The van der Waals surface area contributed by atoms with E-state index in [1.807, 2.05) is 13.0 Å². The Morgan fingerprint density at radius 2 is 1.93 bits per heavy atom. The first-order valence-corrected chi connectivity index (χ1v) is 9.14. The number of aryl methyl sites for hydroxylation is 1. The highest BCUT2D eigenvalue weighted by atomic mass is 79.9. The molecule has 0 bridgehead atoms. The number of ether oxygens (including phenoxy) is 1. The van der Waals surface area contributed by atoms with Gasteiger partial charge in [-0.05, 0) is 49.4 Å². The first-order valence-electron chi connectivity index (χ1n) is 8.35. The van der Waals surface area contributed by atoms with E-state index in [-0.39, 0.29) is 0 Å². The number of esters is 1. The molecule has 0 atom stereocenters. The predicted octanol–water partition coefficient (Wildman–Crippen LogP) is 4.14. The van der Waals surface area contributed by atoms with Crippen molar-refractivity contribution < 1.29 is 14.3 Å². The molecule has 1 N–H and O–H groups in total. The zero-order valence-electron chi connectivity index (χ0n) is 14.9.